The molecule has 0 radical (unpaired) electrons. The van der Waals surface area contributed by atoms with Gasteiger partial charge in [0, 0.05) is 19.3 Å². The lowest BCUT2D eigenvalue weighted by atomic mass is 10.0. The van der Waals surface area contributed by atoms with Gasteiger partial charge in [-0.15, -0.1) is 0 Å². The van der Waals surface area contributed by atoms with Gasteiger partial charge >= 0.3 is 11.9 Å². The summed E-state index contributed by atoms with van der Waals surface area (Å²) in [6.45, 7) is 4.71. The average molecular weight is 782 g/mol. The van der Waals surface area contributed by atoms with Gasteiger partial charge in [0.15, 0.2) is 6.10 Å². The van der Waals surface area contributed by atoms with Gasteiger partial charge in [-0.1, -0.05) is 200 Å². The third-order valence-corrected chi connectivity index (χ3v) is 11.0. The Kier molecular flexibility index (Phi) is 38.0. The summed E-state index contributed by atoms with van der Waals surface area (Å²) in [6.07, 6.45) is 39.7. The lowest BCUT2D eigenvalue weighted by Crippen LogP contribution is -2.55. The number of hydrogen-bond acceptors (Lipinski definition) is 7. The van der Waals surface area contributed by atoms with Crippen molar-refractivity contribution in [2.45, 2.75) is 244 Å². The molecule has 0 aliphatic heterocycles. The molecule has 0 aromatic rings. The lowest BCUT2D eigenvalue weighted by molar-refractivity contribution is -0.889. The van der Waals surface area contributed by atoms with E-state index in [1.807, 2.05) is 21.1 Å². The number of ether oxygens (including phenoxy) is 3. The van der Waals surface area contributed by atoms with Crippen LogP contribution in [-0.4, -0.2) is 75.5 Å². The van der Waals surface area contributed by atoms with Gasteiger partial charge in [-0.2, -0.15) is 0 Å². The molecule has 326 valence electrons. The van der Waals surface area contributed by atoms with Crippen LogP contribution >= 0.6 is 0 Å². The van der Waals surface area contributed by atoms with Crippen molar-refractivity contribution in [2.24, 2.45) is 0 Å². The van der Waals surface area contributed by atoms with E-state index in [2.05, 4.69) is 13.8 Å². The highest BCUT2D eigenvalue weighted by molar-refractivity contribution is 5.70. The van der Waals surface area contributed by atoms with E-state index < -0.39 is 18.1 Å². The minimum absolute atomic E-state index is 0.0494. The first-order chi connectivity index (χ1) is 26.6. The number of carboxylic acids is 1. The molecule has 0 amide bonds. The van der Waals surface area contributed by atoms with Gasteiger partial charge < -0.3 is 28.6 Å². The van der Waals surface area contributed by atoms with Gasteiger partial charge in [0.2, 0.25) is 0 Å². The second-order valence-corrected chi connectivity index (χ2v) is 17.4. The molecule has 0 aliphatic rings. The Morgan fingerprint density at radius 3 is 1.13 bits per heavy atom. The first-order valence-electron chi connectivity index (χ1n) is 23.6. The van der Waals surface area contributed by atoms with Crippen molar-refractivity contribution in [1.29, 1.82) is 0 Å². The van der Waals surface area contributed by atoms with Crippen molar-refractivity contribution >= 4 is 17.9 Å². The predicted molar refractivity (Wildman–Crippen MR) is 227 cm³/mol. The van der Waals surface area contributed by atoms with Gasteiger partial charge in [0.25, 0.3) is 0 Å². The quantitative estimate of drug-likeness (QED) is 0.0345. The first kappa shape index (κ1) is 53.3. The molecule has 55 heavy (non-hydrogen) atoms. The Morgan fingerprint density at radius 1 is 0.473 bits per heavy atom. The fourth-order valence-corrected chi connectivity index (χ4v) is 7.31. The number of carboxylic acid groups (broad SMARTS) is 1. The number of unbranched alkanes of at least 4 members (excludes halogenated alkanes) is 29. The first-order valence-corrected chi connectivity index (χ1v) is 23.6. The number of hydrogen-bond donors (Lipinski definition) is 0. The number of quaternary nitrogens is 1. The summed E-state index contributed by atoms with van der Waals surface area (Å²) in [7, 11) is 5.42. The normalized spacial score (nSPS) is 12.8. The molecule has 0 aliphatic carbocycles. The van der Waals surface area contributed by atoms with E-state index in [-0.39, 0.29) is 42.7 Å². The van der Waals surface area contributed by atoms with E-state index in [4.69, 9.17) is 14.2 Å². The second-order valence-electron chi connectivity index (χ2n) is 17.4. The number of carbonyl (C=O) groups is 3. The summed E-state index contributed by atoms with van der Waals surface area (Å²) in [6, 6.07) is -0.719. The van der Waals surface area contributed by atoms with Crippen LogP contribution in [-0.2, 0) is 28.6 Å². The summed E-state index contributed by atoms with van der Waals surface area (Å²) in [4.78, 5) is 36.9. The number of aliphatic carboxylic acids is 1. The molecule has 2 unspecified atom stereocenters. The lowest BCUT2D eigenvalue weighted by Gasteiger charge is -2.34. The zero-order valence-electron chi connectivity index (χ0n) is 37.1. The summed E-state index contributed by atoms with van der Waals surface area (Å²) in [5.74, 6) is -1.71. The Balaban J connectivity index is 4.25. The van der Waals surface area contributed by atoms with Crippen molar-refractivity contribution in [3.8, 4) is 0 Å². The largest absolute Gasteiger partial charge is 0.544 e. The van der Waals surface area contributed by atoms with Gasteiger partial charge in [-0.3, -0.25) is 9.59 Å². The van der Waals surface area contributed by atoms with Gasteiger partial charge in [-0.25, -0.2) is 0 Å². The zero-order chi connectivity index (χ0) is 40.7. The van der Waals surface area contributed by atoms with Crippen LogP contribution in [0.5, 0.6) is 0 Å². The molecule has 0 saturated carbocycles. The van der Waals surface area contributed by atoms with Gasteiger partial charge in [0.05, 0.1) is 40.3 Å². The molecule has 0 aromatic carbocycles. The highest BCUT2D eigenvalue weighted by atomic mass is 16.6. The molecule has 8 heteroatoms. The Bertz CT molecular complexity index is 874. The van der Waals surface area contributed by atoms with E-state index in [1.165, 1.54) is 161 Å². The highest BCUT2D eigenvalue weighted by Gasteiger charge is 2.25. The summed E-state index contributed by atoms with van der Waals surface area (Å²) in [5, 5.41) is 11.6. The fraction of sp³-hybridized carbons (Fsp3) is 0.936. The second kappa shape index (κ2) is 39.2. The predicted octanol–water partition coefficient (Wildman–Crippen LogP) is 11.6. The van der Waals surface area contributed by atoms with Crippen LogP contribution in [0.4, 0.5) is 0 Å². The summed E-state index contributed by atoms with van der Waals surface area (Å²) < 4.78 is 17.2. The molecule has 0 saturated heterocycles. The van der Waals surface area contributed by atoms with Crippen LogP contribution in [0.25, 0.3) is 0 Å². The zero-order valence-corrected chi connectivity index (χ0v) is 37.1. The summed E-state index contributed by atoms with van der Waals surface area (Å²) in [5.41, 5.74) is 0. The molecule has 0 rings (SSSR count). The minimum atomic E-state index is -1.12. The Hall–Kier alpha value is -1.67. The summed E-state index contributed by atoms with van der Waals surface area (Å²) >= 11 is 0. The van der Waals surface area contributed by atoms with Gasteiger partial charge in [0.1, 0.15) is 12.6 Å². The monoisotopic (exact) mass is 782 g/mol. The maximum atomic E-state index is 12.7. The molecule has 0 heterocycles. The van der Waals surface area contributed by atoms with Crippen LogP contribution < -0.4 is 5.11 Å². The number of rotatable bonds is 43. The van der Waals surface area contributed by atoms with Crippen LogP contribution in [0.3, 0.4) is 0 Å². The molecule has 0 fully saturated rings. The highest BCUT2D eigenvalue weighted by Crippen LogP contribution is 2.16. The third kappa shape index (κ3) is 37.7. The maximum Gasteiger partial charge on any atom is 0.306 e. The van der Waals surface area contributed by atoms with Crippen molar-refractivity contribution in [2.75, 3.05) is 41.0 Å². The fourth-order valence-electron chi connectivity index (χ4n) is 7.31. The van der Waals surface area contributed by atoms with Crippen molar-refractivity contribution in [3.63, 3.8) is 0 Å². The smallest absolute Gasteiger partial charge is 0.306 e. The minimum Gasteiger partial charge on any atom is -0.544 e. The molecule has 0 bridgehead atoms. The molecule has 0 N–H and O–H groups in total. The molecule has 0 spiro atoms. The van der Waals surface area contributed by atoms with Crippen LogP contribution in [0, 0.1) is 0 Å². The van der Waals surface area contributed by atoms with E-state index in [9.17, 15) is 19.5 Å². The van der Waals surface area contributed by atoms with Crippen molar-refractivity contribution < 1.29 is 38.2 Å². The van der Waals surface area contributed by atoms with Gasteiger partial charge in [-0.05, 0) is 12.8 Å². The molecular weight excluding hydrogens is 691 g/mol. The maximum absolute atomic E-state index is 12.7. The van der Waals surface area contributed by atoms with E-state index in [1.54, 1.807) is 0 Å². The van der Waals surface area contributed by atoms with E-state index in [0.29, 0.717) is 12.8 Å². The number of esters is 2. The Labute approximate surface area is 340 Å². The molecule has 8 nitrogen and oxygen atoms in total. The van der Waals surface area contributed by atoms with Crippen LogP contribution in [0.15, 0.2) is 0 Å². The van der Waals surface area contributed by atoms with Crippen molar-refractivity contribution in [1.82, 2.24) is 0 Å². The van der Waals surface area contributed by atoms with Crippen LogP contribution in [0.1, 0.15) is 232 Å². The number of likely N-dealkylation sites (N-methyl/N-ethyl adjacent to an activating group) is 1. The number of nitrogens with zero attached hydrogens (tertiary/aromatic N) is 1. The van der Waals surface area contributed by atoms with E-state index in [0.717, 1.165) is 38.5 Å². The van der Waals surface area contributed by atoms with Crippen LogP contribution in [0.2, 0.25) is 0 Å². The molecular formula is C47H91NO7. The SMILES string of the molecule is CCCCCCCCCCCCCCCCCCCC(=O)OC(COCCC(C(=O)[O-])[N+](C)(C)C)COC(=O)CCCCCCCCCCCCCCCC. The average Bonchev–Trinajstić information content (AvgIpc) is 3.14. The number of carbonyl (C=O) groups excluding carboxylic acids is 3. The molecule has 0 aromatic heterocycles. The van der Waals surface area contributed by atoms with Crippen molar-refractivity contribution in [3.05, 3.63) is 0 Å². The third-order valence-electron chi connectivity index (χ3n) is 11.0. The van der Waals surface area contributed by atoms with E-state index >= 15 is 0 Å². The standard InChI is InChI=1S/C47H91NO7/c1-6-8-10-12-14-16-18-20-22-23-24-26-28-30-32-34-36-38-46(50)55-43(41-53-40-39-44(47(51)52)48(3,4)5)42-54-45(49)37-35-33-31-29-27-25-21-19-17-15-13-11-9-7-2/h43-44H,6-42H2,1-5H3. The topological polar surface area (TPSA) is 102 Å². The Morgan fingerprint density at radius 2 is 0.800 bits per heavy atom. The molecule has 2 atom stereocenters.